The molecule has 5 rings (SSSR count). The van der Waals surface area contributed by atoms with Crippen LogP contribution < -0.4 is 16.0 Å². The first-order valence-corrected chi connectivity index (χ1v) is 15.3. The molecule has 0 spiro atoms. The van der Waals surface area contributed by atoms with Crippen molar-refractivity contribution in [3.05, 3.63) is 120 Å². The number of aryl methyl sites for hydroxylation is 1. The molecular weight excluding hydrogens is 604 g/mol. The highest BCUT2D eigenvalue weighted by Gasteiger charge is 2.24. The van der Waals surface area contributed by atoms with Gasteiger partial charge in [0.1, 0.15) is 22.1 Å². The predicted octanol–water partition coefficient (Wildman–Crippen LogP) is 5.83. The van der Waals surface area contributed by atoms with Crippen molar-refractivity contribution in [1.82, 2.24) is 19.5 Å². The van der Waals surface area contributed by atoms with Crippen LogP contribution in [0.2, 0.25) is 10.0 Å². The molecule has 3 N–H and O–H groups in total. The van der Waals surface area contributed by atoms with Crippen molar-refractivity contribution in [2.24, 2.45) is 0 Å². The van der Waals surface area contributed by atoms with Gasteiger partial charge < -0.3 is 4.98 Å². The zero-order valence-corrected chi connectivity index (χ0v) is 24.7. The van der Waals surface area contributed by atoms with Gasteiger partial charge in [-0.25, -0.2) is 22.6 Å². The Morgan fingerprint density at radius 2 is 1.76 bits per heavy atom. The molecule has 0 saturated carbocycles. The Bertz CT molecular complexity index is 1990. The standard InChI is InChI=1S/C29H26Cl2FN5O4S/c1-2-3-14-37-27-25(28(38)35-29(37)39)33-26(34-27)21(15-18-6-4-5-7-23(18)32)17-8-11-20(12-9-17)36-42(40,41)24-13-10-19(30)16-22(24)31/h4-13,16,21,36H,2-3,14-15H2,1H3,(H,33,34)(H,35,38,39). The second kappa shape index (κ2) is 12.1. The lowest BCUT2D eigenvalue weighted by molar-refractivity contribution is 0.597. The van der Waals surface area contributed by atoms with Crippen molar-refractivity contribution < 1.29 is 12.8 Å². The lowest BCUT2D eigenvalue weighted by Crippen LogP contribution is -2.30. The summed E-state index contributed by atoms with van der Waals surface area (Å²) in [5, 5.41) is 0.285. The summed E-state index contributed by atoms with van der Waals surface area (Å²) in [5.74, 6) is -0.615. The molecule has 0 fully saturated rings. The number of aromatic nitrogens is 4. The van der Waals surface area contributed by atoms with Crippen LogP contribution in [-0.4, -0.2) is 27.9 Å². The van der Waals surface area contributed by atoms with Crippen molar-refractivity contribution in [3.8, 4) is 0 Å². The molecule has 0 radical (unpaired) electrons. The molecule has 0 bridgehead atoms. The van der Waals surface area contributed by atoms with Crippen LogP contribution >= 0.6 is 23.2 Å². The van der Waals surface area contributed by atoms with Crippen molar-refractivity contribution >= 4 is 50.1 Å². The number of sulfonamides is 1. The van der Waals surface area contributed by atoms with Gasteiger partial charge in [0.2, 0.25) is 0 Å². The van der Waals surface area contributed by atoms with E-state index in [4.69, 9.17) is 23.2 Å². The Kier molecular flexibility index (Phi) is 8.53. The fraction of sp³-hybridized carbons (Fsp3) is 0.207. The average molecular weight is 631 g/mol. The normalized spacial score (nSPS) is 12.5. The fourth-order valence-corrected chi connectivity index (χ4v) is 6.52. The molecule has 3 aromatic carbocycles. The molecule has 0 saturated heterocycles. The Morgan fingerprint density at radius 3 is 2.45 bits per heavy atom. The minimum Gasteiger partial charge on any atom is -0.336 e. The molecule has 9 nitrogen and oxygen atoms in total. The van der Waals surface area contributed by atoms with E-state index in [9.17, 15) is 22.4 Å². The number of benzene rings is 3. The van der Waals surface area contributed by atoms with E-state index >= 15 is 0 Å². The number of unbranched alkanes of at least 4 members (excludes halogenated alkanes) is 1. The SMILES string of the molecule is CCCCn1c(=O)[nH]c(=O)c2[nH]c(C(Cc3ccccc3F)c3ccc(NS(=O)(=O)c4ccc(Cl)cc4Cl)cc3)nc21. The fourth-order valence-electron chi connectivity index (χ4n) is 4.69. The molecule has 0 aliphatic carbocycles. The number of H-pyrrole nitrogens is 2. The Balaban J connectivity index is 1.54. The van der Waals surface area contributed by atoms with Gasteiger partial charge >= 0.3 is 5.69 Å². The van der Waals surface area contributed by atoms with Gasteiger partial charge in [-0.05, 0) is 60.4 Å². The molecule has 0 aliphatic heterocycles. The number of halogens is 3. The Morgan fingerprint density at radius 1 is 1.02 bits per heavy atom. The summed E-state index contributed by atoms with van der Waals surface area (Å²) < 4.78 is 44.6. The molecular formula is C29H26Cl2FN5O4S. The lowest BCUT2D eigenvalue weighted by Gasteiger charge is -2.17. The van der Waals surface area contributed by atoms with Crippen LogP contribution in [0.5, 0.6) is 0 Å². The smallest absolute Gasteiger partial charge is 0.330 e. The molecule has 0 amide bonds. The maximum Gasteiger partial charge on any atom is 0.330 e. The minimum atomic E-state index is -4.02. The zero-order valence-electron chi connectivity index (χ0n) is 22.3. The van der Waals surface area contributed by atoms with E-state index in [0.29, 0.717) is 34.9 Å². The van der Waals surface area contributed by atoms with Crippen molar-refractivity contribution in [2.75, 3.05) is 4.72 Å². The number of rotatable bonds is 10. The summed E-state index contributed by atoms with van der Waals surface area (Å²) in [7, 11) is -4.02. The maximum atomic E-state index is 14.7. The van der Waals surface area contributed by atoms with Crippen LogP contribution in [0.1, 0.15) is 42.6 Å². The summed E-state index contributed by atoms with van der Waals surface area (Å²) >= 11 is 12.0. The van der Waals surface area contributed by atoms with Crippen molar-refractivity contribution in [2.45, 2.75) is 43.5 Å². The summed E-state index contributed by atoms with van der Waals surface area (Å²) in [6.45, 7) is 2.36. The third-order valence-corrected chi connectivity index (χ3v) is 8.95. The van der Waals surface area contributed by atoms with E-state index in [1.54, 1.807) is 42.5 Å². The van der Waals surface area contributed by atoms with Gasteiger partial charge in [0, 0.05) is 23.2 Å². The third kappa shape index (κ3) is 6.13. The minimum absolute atomic E-state index is 0.0196. The summed E-state index contributed by atoms with van der Waals surface area (Å²) in [5.41, 5.74) is 0.562. The van der Waals surface area contributed by atoms with E-state index in [1.807, 2.05) is 6.92 Å². The number of aromatic amines is 2. The Labute approximate surface area is 250 Å². The van der Waals surface area contributed by atoms with Gasteiger partial charge in [0.25, 0.3) is 15.6 Å². The number of fused-ring (bicyclic) bond motifs is 1. The van der Waals surface area contributed by atoms with Crippen molar-refractivity contribution in [3.63, 3.8) is 0 Å². The van der Waals surface area contributed by atoms with Crippen molar-refractivity contribution in [1.29, 1.82) is 0 Å². The largest absolute Gasteiger partial charge is 0.336 e. The van der Waals surface area contributed by atoms with Gasteiger partial charge in [-0.1, -0.05) is 66.9 Å². The number of nitrogens with zero attached hydrogens (tertiary/aromatic N) is 2. The van der Waals surface area contributed by atoms with Gasteiger partial charge in [-0.2, -0.15) is 0 Å². The molecule has 42 heavy (non-hydrogen) atoms. The lowest BCUT2D eigenvalue weighted by atomic mass is 9.91. The van der Waals surface area contributed by atoms with E-state index in [2.05, 4.69) is 19.7 Å². The van der Waals surface area contributed by atoms with Crippen LogP contribution in [0.3, 0.4) is 0 Å². The molecule has 2 aromatic heterocycles. The summed E-state index contributed by atoms with van der Waals surface area (Å²) in [4.78, 5) is 35.2. The van der Waals surface area contributed by atoms with Gasteiger partial charge in [-0.15, -0.1) is 0 Å². The first-order chi connectivity index (χ1) is 20.1. The number of anilines is 1. The van der Waals surface area contributed by atoms with Gasteiger partial charge in [0.15, 0.2) is 5.65 Å². The van der Waals surface area contributed by atoms with Gasteiger partial charge in [0.05, 0.1) is 5.02 Å². The number of hydrogen-bond donors (Lipinski definition) is 3. The van der Waals surface area contributed by atoms with Gasteiger partial charge in [-0.3, -0.25) is 19.1 Å². The highest BCUT2D eigenvalue weighted by Crippen LogP contribution is 2.31. The molecule has 1 unspecified atom stereocenters. The molecule has 13 heteroatoms. The molecule has 218 valence electrons. The van der Waals surface area contributed by atoms with Crippen LogP contribution in [0.25, 0.3) is 11.2 Å². The van der Waals surface area contributed by atoms with E-state index < -0.39 is 33.0 Å². The molecule has 1 atom stereocenters. The summed E-state index contributed by atoms with van der Waals surface area (Å²) in [6, 6.07) is 16.9. The highest BCUT2D eigenvalue weighted by molar-refractivity contribution is 7.92. The number of imidazole rings is 1. The highest BCUT2D eigenvalue weighted by atomic mass is 35.5. The van der Waals surface area contributed by atoms with Crippen LogP contribution in [0, 0.1) is 5.82 Å². The van der Waals surface area contributed by atoms with Crippen LogP contribution in [-0.2, 0) is 23.0 Å². The first kappa shape index (κ1) is 29.6. The number of hydrogen-bond acceptors (Lipinski definition) is 5. The quantitative estimate of drug-likeness (QED) is 0.179. The average Bonchev–Trinajstić information content (AvgIpc) is 3.38. The zero-order chi connectivity index (χ0) is 30.0. The van der Waals surface area contributed by atoms with Crippen LogP contribution in [0.4, 0.5) is 10.1 Å². The Hall–Kier alpha value is -3.93. The second-order valence-electron chi connectivity index (χ2n) is 9.74. The first-order valence-electron chi connectivity index (χ1n) is 13.1. The van der Waals surface area contributed by atoms with E-state index in [-0.39, 0.29) is 33.2 Å². The molecule has 2 heterocycles. The third-order valence-electron chi connectivity index (χ3n) is 6.85. The van der Waals surface area contributed by atoms with E-state index in [1.165, 1.54) is 28.8 Å². The number of nitrogens with one attached hydrogen (secondary N) is 3. The summed E-state index contributed by atoms with van der Waals surface area (Å²) in [6.07, 6.45) is 1.72. The van der Waals surface area contributed by atoms with E-state index in [0.717, 1.165) is 6.42 Å². The monoisotopic (exact) mass is 629 g/mol. The maximum absolute atomic E-state index is 14.7. The topological polar surface area (TPSA) is 130 Å². The molecule has 0 aliphatic rings. The second-order valence-corrected chi connectivity index (χ2v) is 12.2. The van der Waals surface area contributed by atoms with Crippen LogP contribution in [0.15, 0.2) is 81.2 Å². The molecule has 5 aromatic rings. The predicted molar refractivity (Wildman–Crippen MR) is 162 cm³/mol.